The van der Waals surface area contributed by atoms with E-state index in [9.17, 15) is 18.4 Å². The third-order valence-electron chi connectivity index (χ3n) is 5.90. The summed E-state index contributed by atoms with van der Waals surface area (Å²) >= 11 is 0. The van der Waals surface area contributed by atoms with Gasteiger partial charge in [0.25, 0.3) is 5.91 Å². The molecular weight excluding hydrogens is 388 g/mol. The Labute approximate surface area is 173 Å². The molecule has 2 aromatic carbocycles. The first-order valence-corrected chi connectivity index (χ1v) is 10.1. The lowest BCUT2D eigenvalue weighted by molar-refractivity contribution is -0.134. The van der Waals surface area contributed by atoms with Gasteiger partial charge in [0.1, 0.15) is 17.9 Å². The molecule has 30 heavy (non-hydrogen) atoms. The Kier molecular flexibility index (Phi) is 5.37. The highest BCUT2D eigenvalue weighted by atomic mass is 19.2. The summed E-state index contributed by atoms with van der Waals surface area (Å²) in [5.41, 5.74) is 0.496. The predicted molar refractivity (Wildman–Crippen MR) is 110 cm³/mol. The number of amides is 2. The molecule has 1 heterocycles. The molecule has 2 aromatic rings. The van der Waals surface area contributed by atoms with Crippen LogP contribution in [0.1, 0.15) is 38.2 Å². The molecule has 0 radical (unpaired) electrons. The zero-order valence-corrected chi connectivity index (χ0v) is 16.7. The summed E-state index contributed by atoms with van der Waals surface area (Å²) in [7, 11) is 0. The topological polar surface area (TPSA) is 61.8 Å². The first kappa shape index (κ1) is 20.2. The smallest absolute Gasteiger partial charge is 0.275 e. The second-order valence-electron chi connectivity index (χ2n) is 8.06. The summed E-state index contributed by atoms with van der Waals surface area (Å²) in [6.07, 6.45) is 3.21. The Balaban J connectivity index is 1.58. The average Bonchev–Trinajstić information content (AvgIpc) is 3.00. The van der Waals surface area contributed by atoms with E-state index in [-0.39, 0.29) is 18.1 Å². The molecule has 1 aliphatic carbocycles. The van der Waals surface area contributed by atoms with Gasteiger partial charge in [-0.25, -0.2) is 8.78 Å². The predicted octanol–water partition coefficient (Wildman–Crippen LogP) is 4.14. The van der Waals surface area contributed by atoms with Crippen molar-refractivity contribution in [3.05, 3.63) is 65.7 Å². The number of hydrogen-bond donors (Lipinski definition) is 1. The molecule has 1 aliphatic heterocycles. The normalized spacial score (nSPS) is 23.6. The minimum Gasteiger partial charge on any atom is -0.324 e. The average molecular weight is 411 g/mol. The number of nitrogens with zero attached hydrogens (tertiary/aromatic N) is 2. The van der Waals surface area contributed by atoms with Gasteiger partial charge < -0.3 is 10.2 Å². The zero-order valence-electron chi connectivity index (χ0n) is 16.7. The monoisotopic (exact) mass is 411 g/mol. The molecule has 0 saturated heterocycles. The Morgan fingerprint density at radius 1 is 1.13 bits per heavy atom. The molecule has 1 fully saturated rings. The molecule has 7 heteroatoms. The van der Waals surface area contributed by atoms with Gasteiger partial charge in [0.05, 0.1) is 0 Å². The Morgan fingerprint density at radius 2 is 1.83 bits per heavy atom. The van der Waals surface area contributed by atoms with Gasteiger partial charge in [-0.2, -0.15) is 0 Å². The van der Waals surface area contributed by atoms with Gasteiger partial charge in [0.2, 0.25) is 5.91 Å². The van der Waals surface area contributed by atoms with Crippen molar-refractivity contribution in [3.63, 3.8) is 0 Å². The van der Waals surface area contributed by atoms with Crippen LogP contribution in [0.3, 0.4) is 0 Å². The highest BCUT2D eigenvalue weighted by Crippen LogP contribution is 2.41. The van der Waals surface area contributed by atoms with Crippen LogP contribution in [-0.4, -0.2) is 34.6 Å². The van der Waals surface area contributed by atoms with E-state index in [0.717, 1.165) is 30.5 Å². The highest BCUT2D eigenvalue weighted by molar-refractivity contribution is 6.47. The lowest BCUT2D eigenvalue weighted by Gasteiger charge is -2.40. The molecular formula is C23H23F2N3O2. The van der Waals surface area contributed by atoms with Gasteiger partial charge >= 0.3 is 0 Å². The minimum atomic E-state index is -1.04. The largest absolute Gasteiger partial charge is 0.324 e. The summed E-state index contributed by atoms with van der Waals surface area (Å²) in [6, 6.07) is 12.4. The first-order chi connectivity index (χ1) is 14.4. The van der Waals surface area contributed by atoms with Gasteiger partial charge in [-0.3, -0.25) is 14.6 Å². The number of benzene rings is 2. The van der Waals surface area contributed by atoms with Crippen molar-refractivity contribution in [3.8, 4) is 0 Å². The number of carbonyl (C=O) groups is 2. The number of nitrogens with one attached hydrogen (secondary N) is 1. The van der Waals surface area contributed by atoms with Gasteiger partial charge in [0, 0.05) is 17.3 Å². The number of anilines is 1. The van der Waals surface area contributed by atoms with Crippen LogP contribution in [0, 0.1) is 17.6 Å². The Bertz CT molecular complexity index is 999. The molecule has 0 bridgehead atoms. The lowest BCUT2D eigenvalue weighted by atomic mass is 9.82. The SMILES string of the molecule is CC1CCC2(CC1)N=C(c1ccccc1)C(=O)N2CC(=O)Nc1ccc(F)c(F)c1. The number of halogens is 2. The quantitative estimate of drug-likeness (QED) is 0.822. The van der Waals surface area contributed by atoms with Crippen molar-refractivity contribution in [2.45, 2.75) is 38.3 Å². The molecule has 1 spiro atoms. The fraction of sp³-hybridized carbons (Fsp3) is 0.348. The fourth-order valence-electron chi connectivity index (χ4n) is 4.16. The van der Waals surface area contributed by atoms with E-state index in [1.54, 1.807) is 0 Å². The number of aliphatic imine (C=N–C) groups is 1. The van der Waals surface area contributed by atoms with E-state index in [0.29, 0.717) is 24.5 Å². The number of rotatable bonds is 4. The van der Waals surface area contributed by atoms with Crippen molar-refractivity contribution in [1.82, 2.24) is 4.90 Å². The third-order valence-corrected chi connectivity index (χ3v) is 5.90. The van der Waals surface area contributed by atoms with Crippen LogP contribution in [0.2, 0.25) is 0 Å². The first-order valence-electron chi connectivity index (χ1n) is 10.1. The van der Waals surface area contributed by atoms with Crippen LogP contribution < -0.4 is 5.32 Å². The number of hydrogen-bond acceptors (Lipinski definition) is 3. The highest BCUT2D eigenvalue weighted by Gasteiger charge is 2.49. The van der Waals surface area contributed by atoms with E-state index < -0.39 is 23.2 Å². The van der Waals surface area contributed by atoms with Gasteiger partial charge in [-0.1, -0.05) is 37.3 Å². The summed E-state index contributed by atoms with van der Waals surface area (Å²) in [5.74, 6) is -2.25. The molecule has 1 N–H and O–H groups in total. The van der Waals surface area contributed by atoms with Crippen LogP contribution in [0.5, 0.6) is 0 Å². The van der Waals surface area contributed by atoms with Crippen LogP contribution in [0.4, 0.5) is 14.5 Å². The summed E-state index contributed by atoms with van der Waals surface area (Å²) in [6.45, 7) is 1.97. The Hall–Kier alpha value is -3.09. The van der Waals surface area contributed by atoms with E-state index in [1.807, 2.05) is 30.3 Å². The summed E-state index contributed by atoms with van der Waals surface area (Å²) in [4.78, 5) is 32.3. The van der Waals surface area contributed by atoms with Crippen LogP contribution in [0.25, 0.3) is 0 Å². The molecule has 2 amide bonds. The molecule has 156 valence electrons. The fourth-order valence-corrected chi connectivity index (χ4v) is 4.16. The third kappa shape index (κ3) is 3.84. The van der Waals surface area contributed by atoms with E-state index in [1.165, 1.54) is 11.0 Å². The molecule has 2 aliphatic rings. The van der Waals surface area contributed by atoms with Gasteiger partial charge in [0.15, 0.2) is 11.6 Å². The molecule has 4 rings (SSSR count). The maximum absolute atomic E-state index is 13.4. The van der Waals surface area contributed by atoms with Crippen LogP contribution in [0.15, 0.2) is 53.5 Å². The molecule has 0 unspecified atom stereocenters. The van der Waals surface area contributed by atoms with Gasteiger partial charge in [-0.15, -0.1) is 0 Å². The standard InChI is InChI=1S/C23H23F2N3O2/c1-15-9-11-23(12-10-15)27-21(16-5-3-2-4-6-16)22(30)28(23)14-20(29)26-17-7-8-18(24)19(25)13-17/h2-8,13,15H,9-12,14H2,1H3,(H,26,29). The number of carbonyl (C=O) groups excluding carboxylic acids is 2. The van der Waals surface area contributed by atoms with Crippen molar-refractivity contribution < 1.29 is 18.4 Å². The lowest BCUT2D eigenvalue weighted by Crippen LogP contribution is -2.51. The van der Waals surface area contributed by atoms with E-state index >= 15 is 0 Å². The molecule has 0 atom stereocenters. The zero-order chi connectivity index (χ0) is 21.3. The van der Waals surface area contributed by atoms with Gasteiger partial charge in [-0.05, 0) is 43.7 Å². The maximum Gasteiger partial charge on any atom is 0.275 e. The van der Waals surface area contributed by atoms with Crippen molar-refractivity contribution in [1.29, 1.82) is 0 Å². The van der Waals surface area contributed by atoms with E-state index in [4.69, 9.17) is 4.99 Å². The van der Waals surface area contributed by atoms with Crippen LogP contribution >= 0.6 is 0 Å². The van der Waals surface area contributed by atoms with E-state index in [2.05, 4.69) is 12.2 Å². The molecule has 0 aromatic heterocycles. The summed E-state index contributed by atoms with van der Waals surface area (Å²) < 4.78 is 26.6. The molecule has 1 saturated carbocycles. The van der Waals surface area contributed by atoms with Crippen molar-refractivity contribution in [2.24, 2.45) is 10.9 Å². The second kappa shape index (κ2) is 7.97. The minimum absolute atomic E-state index is 0.140. The Morgan fingerprint density at radius 3 is 2.50 bits per heavy atom. The molecule has 5 nitrogen and oxygen atoms in total. The van der Waals surface area contributed by atoms with Crippen molar-refractivity contribution in [2.75, 3.05) is 11.9 Å². The summed E-state index contributed by atoms with van der Waals surface area (Å²) in [5, 5.41) is 2.55. The van der Waals surface area contributed by atoms with Crippen molar-refractivity contribution >= 4 is 23.2 Å². The maximum atomic E-state index is 13.4. The van der Waals surface area contributed by atoms with Crippen LogP contribution in [-0.2, 0) is 9.59 Å². The second-order valence-corrected chi connectivity index (χ2v) is 8.06.